The highest BCUT2D eigenvalue weighted by Gasteiger charge is 2.24. The van der Waals surface area contributed by atoms with Crippen molar-refractivity contribution in [3.63, 3.8) is 0 Å². The molecule has 1 aliphatic rings. The molecule has 2 N–H and O–H groups in total. The Morgan fingerprint density at radius 3 is 2.95 bits per heavy atom. The number of carbonyl (C=O) groups is 1. The fourth-order valence-corrected chi connectivity index (χ4v) is 2.67. The first-order valence-corrected chi connectivity index (χ1v) is 7.33. The van der Waals surface area contributed by atoms with Crippen LogP contribution >= 0.6 is 0 Å². The van der Waals surface area contributed by atoms with E-state index in [0.717, 1.165) is 31.6 Å². The molecule has 1 unspecified atom stereocenters. The molecule has 0 bridgehead atoms. The lowest BCUT2D eigenvalue weighted by atomic mass is 10.1. The maximum absolute atomic E-state index is 11.9. The van der Waals surface area contributed by atoms with E-state index in [1.165, 1.54) is 0 Å². The predicted octanol–water partition coefficient (Wildman–Crippen LogP) is 1.78. The molecule has 2 rings (SSSR count). The third-order valence-corrected chi connectivity index (χ3v) is 3.91. The average molecular weight is 276 g/mol. The van der Waals surface area contributed by atoms with Crippen molar-refractivity contribution in [3.8, 4) is 5.75 Å². The summed E-state index contributed by atoms with van der Waals surface area (Å²) in [5, 5.41) is 12.4. The first-order valence-electron chi connectivity index (χ1n) is 7.33. The molecule has 4 heteroatoms. The molecule has 1 fully saturated rings. The molecule has 1 aliphatic heterocycles. The quantitative estimate of drug-likeness (QED) is 0.862. The molecule has 1 saturated heterocycles. The van der Waals surface area contributed by atoms with E-state index in [0.29, 0.717) is 18.4 Å². The summed E-state index contributed by atoms with van der Waals surface area (Å²) in [6.45, 7) is 7.38. The molecule has 0 aromatic heterocycles. The molecule has 1 atom stereocenters. The summed E-state index contributed by atoms with van der Waals surface area (Å²) in [4.78, 5) is 14.3. The summed E-state index contributed by atoms with van der Waals surface area (Å²) in [5.74, 6) is 0.794. The van der Waals surface area contributed by atoms with Gasteiger partial charge in [-0.2, -0.15) is 0 Å². The van der Waals surface area contributed by atoms with Crippen molar-refractivity contribution in [2.75, 3.05) is 19.6 Å². The van der Waals surface area contributed by atoms with E-state index in [9.17, 15) is 9.90 Å². The number of rotatable bonds is 5. The van der Waals surface area contributed by atoms with Gasteiger partial charge in [0.1, 0.15) is 5.75 Å². The number of nitrogens with one attached hydrogen (secondary N) is 1. The minimum Gasteiger partial charge on any atom is -0.508 e. The number of nitrogens with zero attached hydrogens (tertiary/aromatic N) is 1. The number of phenolic OH excluding ortho intramolecular Hbond substituents is 1. The first kappa shape index (κ1) is 14.9. The Hall–Kier alpha value is -1.55. The van der Waals surface area contributed by atoms with Crippen LogP contribution in [0.1, 0.15) is 25.8 Å². The largest absolute Gasteiger partial charge is 0.508 e. The van der Waals surface area contributed by atoms with Gasteiger partial charge >= 0.3 is 0 Å². The van der Waals surface area contributed by atoms with E-state index in [1.54, 1.807) is 18.2 Å². The number of carbonyl (C=O) groups excluding carboxylic acids is 1. The first-order chi connectivity index (χ1) is 9.54. The average Bonchev–Trinajstić information content (AvgIpc) is 2.85. The Balaban J connectivity index is 1.73. The summed E-state index contributed by atoms with van der Waals surface area (Å²) < 4.78 is 0. The van der Waals surface area contributed by atoms with Crippen LogP contribution in [0.3, 0.4) is 0 Å². The van der Waals surface area contributed by atoms with Gasteiger partial charge in [-0.1, -0.05) is 12.1 Å². The summed E-state index contributed by atoms with van der Waals surface area (Å²) in [5.41, 5.74) is 0.845. The molecule has 110 valence electrons. The van der Waals surface area contributed by atoms with Crippen LogP contribution < -0.4 is 5.32 Å². The zero-order chi connectivity index (χ0) is 14.5. The minimum atomic E-state index is 0.0265. The fourth-order valence-electron chi connectivity index (χ4n) is 2.67. The van der Waals surface area contributed by atoms with Gasteiger partial charge in [-0.15, -0.1) is 0 Å². The topological polar surface area (TPSA) is 52.6 Å². The molecule has 20 heavy (non-hydrogen) atoms. The molecule has 0 spiro atoms. The van der Waals surface area contributed by atoms with Gasteiger partial charge in [0, 0.05) is 19.1 Å². The Kier molecular flexibility index (Phi) is 5.01. The van der Waals surface area contributed by atoms with Gasteiger partial charge in [0.2, 0.25) is 5.91 Å². The second-order valence-corrected chi connectivity index (χ2v) is 5.89. The van der Waals surface area contributed by atoms with E-state index in [-0.39, 0.29) is 11.7 Å². The summed E-state index contributed by atoms with van der Waals surface area (Å²) in [6.07, 6.45) is 1.49. The number of phenols is 1. The molecular formula is C16H24N2O2. The molecule has 1 heterocycles. The van der Waals surface area contributed by atoms with Crippen LogP contribution in [0.25, 0.3) is 0 Å². The van der Waals surface area contributed by atoms with Crippen LogP contribution in [-0.2, 0) is 11.2 Å². The van der Waals surface area contributed by atoms with Crippen molar-refractivity contribution in [1.29, 1.82) is 0 Å². The number of aromatic hydroxyl groups is 1. The minimum absolute atomic E-state index is 0.0265. The molecule has 0 radical (unpaired) electrons. The highest BCUT2D eigenvalue weighted by Crippen LogP contribution is 2.17. The Morgan fingerprint density at radius 1 is 1.50 bits per heavy atom. The summed E-state index contributed by atoms with van der Waals surface area (Å²) in [7, 11) is 0. The van der Waals surface area contributed by atoms with E-state index in [1.807, 2.05) is 6.07 Å². The maximum atomic E-state index is 11.9. The number of likely N-dealkylation sites (tertiary alicyclic amines) is 1. The molecule has 4 nitrogen and oxygen atoms in total. The van der Waals surface area contributed by atoms with Crippen molar-refractivity contribution in [2.45, 2.75) is 32.7 Å². The Bertz CT molecular complexity index is 460. The van der Waals surface area contributed by atoms with Gasteiger partial charge < -0.3 is 15.3 Å². The lowest BCUT2D eigenvalue weighted by Gasteiger charge is -2.20. The third kappa shape index (κ3) is 4.23. The SMILES string of the molecule is CC(C)N1CCC(CNC(=O)Cc2cccc(O)c2)C1. The third-order valence-electron chi connectivity index (χ3n) is 3.91. The van der Waals surface area contributed by atoms with Gasteiger partial charge in [-0.3, -0.25) is 4.79 Å². The Labute approximate surface area is 120 Å². The molecule has 1 aromatic rings. The number of hydrogen-bond donors (Lipinski definition) is 2. The van der Waals surface area contributed by atoms with Crippen molar-refractivity contribution in [3.05, 3.63) is 29.8 Å². The standard InChI is InChI=1S/C16H24N2O2/c1-12(2)18-7-6-14(11-18)10-17-16(20)9-13-4-3-5-15(19)8-13/h3-5,8,12,14,19H,6-7,9-11H2,1-2H3,(H,17,20). The fraction of sp³-hybridized carbons (Fsp3) is 0.562. The van der Waals surface area contributed by atoms with Gasteiger partial charge in [-0.25, -0.2) is 0 Å². The van der Waals surface area contributed by atoms with E-state index in [4.69, 9.17) is 0 Å². The monoisotopic (exact) mass is 276 g/mol. The van der Waals surface area contributed by atoms with Crippen LogP contribution in [0.15, 0.2) is 24.3 Å². The van der Waals surface area contributed by atoms with Gasteiger partial charge in [-0.05, 0) is 50.4 Å². The predicted molar refractivity (Wildman–Crippen MR) is 79.6 cm³/mol. The van der Waals surface area contributed by atoms with Gasteiger partial charge in [0.25, 0.3) is 0 Å². The Morgan fingerprint density at radius 2 is 2.30 bits per heavy atom. The van der Waals surface area contributed by atoms with E-state index < -0.39 is 0 Å². The smallest absolute Gasteiger partial charge is 0.224 e. The number of amides is 1. The normalized spacial score (nSPS) is 19.4. The molecular weight excluding hydrogens is 252 g/mol. The number of benzene rings is 1. The lowest BCUT2D eigenvalue weighted by Crippen LogP contribution is -2.33. The maximum Gasteiger partial charge on any atom is 0.224 e. The highest BCUT2D eigenvalue weighted by atomic mass is 16.3. The van der Waals surface area contributed by atoms with Crippen molar-refractivity contribution >= 4 is 5.91 Å². The number of hydrogen-bond acceptors (Lipinski definition) is 3. The molecule has 0 saturated carbocycles. The van der Waals surface area contributed by atoms with E-state index in [2.05, 4.69) is 24.1 Å². The van der Waals surface area contributed by atoms with Gasteiger partial charge in [0.15, 0.2) is 0 Å². The van der Waals surface area contributed by atoms with Crippen LogP contribution in [0.2, 0.25) is 0 Å². The zero-order valence-corrected chi connectivity index (χ0v) is 12.3. The van der Waals surface area contributed by atoms with Crippen molar-refractivity contribution in [2.24, 2.45) is 5.92 Å². The molecule has 0 aliphatic carbocycles. The summed E-state index contributed by atoms with van der Waals surface area (Å²) >= 11 is 0. The van der Waals surface area contributed by atoms with Crippen molar-refractivity contribution < 1.29 is 9.90 Å². The lowest BCUT2D eigenvalue weighted by molar-refractivity contribution is -0.120. The van der Waals surface area contributed by atoms with Crippen LogP contribution in [0, 0.1) is 5.92 Å². The molecule has 1 aromatic carbocycles. The summed E-state index contributed by atoms with van der Waals surface area (Å²) in [6, 6.07) is 7.45. The van der Waals surface area contributed by atoms with Crippen LogP contribution in [-0.4, -0.2) is 41.6 Å². The van der Waals surface area contributed by atoms with Crippen LogP contribution in [0.4, 0.5) is 0 Å². The molecule has 1 amide bonds. The van der Waals surface area contributed by atoms with Crippen LogP contribution in [0.5, 0.6) is 5.75 Å². The second kappa shape index (κ2) is 6.75. The second-order valence-electron chi connectivity index (χ2n) is 5.89. The highest BCUT2D eigenvalue weighted by molar-refractivity contribution is 5.78. The van der Waals surface area contributed by atoms with E-state index >= 15 is 0 Å². The zero-order valence-electron chi connectivity index (χ0n) is 12.3. The van der Waals surface area contributed by atoms with Gasteiger partial charge in [0.05, 0.1) is 6.42 Å². The van der Waals surface area contributed by atoms with Crippen molar-refractivity contribution in [1.82, 2.24) is 10.2 Å².